The number of carbonyl (C=O) groups excluding carboxylic acids is 1. The molecule has 2 atom stereocenters. The standard InChI is InChI=1S/C17H16F3N5O2/c18-17(19,20)16(2-1-3-16)22-15(26)13-11-7-9-6-10(9)14(11)25(23-13)12-8-24(27)5-4-21-12/h4-5,8-10H,1-3,6-7H2,(H-,21,22,26,27)/p+1. The molecule has 2 heterocycles. The van der Waals surface area contributed by atoms with E-state index >= 15 is 0 Å². The normalized spacial score (nSPS) is 24.7. The molecule has 7 nitrogen and oxygen atoms in total. The summed E-state index contributed by atoms with van der Waals surface area (Å²) in [5, 5.41) is 6.50. The van der Waals surface area contributed by atoms with Crippen LogP contribution in [0.15, 0.2) is 18.6 Å². The Bertz CT molecular complexity index is 1000. The van der Waals surface area contributed by atoms with E-state index in [1.165, 1.54) is 23.3 Å². The summed E-state index contributed by atoms with van der Waals surface area (Å²) in [5.41, 5.74) is -0.607. The quantitative estimate of drug-likeness (QED) is 0.799. The minimum atomic E-state index is -4.49. The molecule has 0 bridgehead atoms. The molecule has 27 heavy (non-hydrogen) atoms. The van der Waals surface area contributed by atoms with E-state index in [0.717, 1.165) is 12.1 Å². The van der Waals surface area contributed by atoms with Crippen LogP contribution in [0.5, 0.6) is 0 Å². The molecule has 3 aliphatic carbocycles. The van der Waals surface area contributed by atoms with Crippen LogP contribution in [0, 0.1) is 10.8 Å². The van der Waals surface area contributed by atoms with Crippen molar-refractivity contribution in [3.05, 3.63) is 40.4 Å². The average Bonchev–Trinajstić information content (AvgIpc) is 3.06. The molecular weight excluding hydrogens is 363 g/mol. The van der Waals surface area contributed by atoms with E-state index in [2.05, 4.69) is 15.4 Å². The largest absolute Gasteiger partial charge is 0.411 e. The predicted octanol–water partition coefficient (Wildman–Crippen LogP) is 1.99. The number of H-pyrrole nitrogens is 1. The molecule has 142 valence electrons. The van der Waals surface area contributed by atoms with Gasteiger partial charge in [-0.1, -0.05) is 0 Å². The number of hydrogen-bond donors (Lipinski definition) is 2. The molecule has 10 heteroatoms. The fourth-order valence-electron chi connectivity index (χ4n) is 4.28. The fraction of sp³-hybridized carbons (Fsp3) is 0.529. The second-order valence-electron chi connectivity index (χ2n) is 7.65. The first-order valence-electron chi connectivity index (χ1n) is 8.91. The number of aromatic nitrogens is 4. The van der Waals surface area contributed by atoms with Crippen LogP contribution < -0.4 is 9.74 Å². The van der Waals surface area contributed by atoms with Gasteiger partial charge in [-0.05, 0) is 38.0 Å². The number of halogens is 3. The monoisotopic (exact) mass is 380 g/mol. The number of nitrogens with zero attached hydrogens (tertiary/aromatic N) is 3. The third-order valence-electron chi connectivity index (χ3n) is 6.01. The maximum atomic E-state index is 13.4. The summed E-state index contributed by atoms with van der Waals surface area (Å²) >= 11 is 0. The lowest BCUT2D eigenvalue weighted by molar-refractivity contribution is -0.495. The van der Waals surface area contributed by atoms with Gasteiger partial charge < -0.3 is 10.3 Å². The number of amides is 1. The molecule has 2 fully saturated rings. The van der Waals surface area contributed by atoms with Crippen molar-refractivity contribution < 1.29 is 22.4 Å². The molecule has 3 aliphatic rings. The van der Waals surface area contributed by atoms with Gasteiger partial charge in [0.25, 0.3) is 12.1 Å². The van der Waals surface area contributed by atoms with Gasteiger partial charge in [0.2, 0.25) is 12.0 Å². The number of nitrogens with one attached hydrogen (secondary N) is 2. The van der Waals surface area contributed by atoms with E-state index < -0.39 is 17.6 Å². The Kier molecular flexibility index (Phi) is 3.18. The first-order chi connectivity index (χ1) is 12.8. The number of alkyl halides is 3. The van der Waals surface area contributed by atoms with Gasteiger partial charge in [0.15, 0.2) is 5.69 Å². The summed E-state index contributed by atoms with van der Waals surface area (Å²) in [7, 11) is 0. The topological polar surface area (TPSA) is 85.7 Å². The molecule has 1 amide bonds. The lowest BCUT2D eigenvalue weighted by atomic mass is 9.76. The molecule has 0 spiro atoms. The minimum absolute atomic E-state index is 0.0300. The van der Waals surface area contributed by atoms with Crippen LogP contribution in [0.2, 0.25) is 0 Å². The Labute approximate surface area is 151 Å². The number of rotatable bonds is 3. The molecule has 2 aromatic rings. The SMILES string of the molecule is O=C(NC1(C(F)(F)F)CCC1)c1nn(-c2c[n+](=O)cc[nH]2)c2c1CC1CC21. The van der Waals surface area contributed by atoms with Crippen LogP contribution in [0.25, 0.3) is 5.82 Å². The van der Waals surface area contributed by atoms with Crippen molar-refractivity contribution in [2.24, 2.45) is 5.92 Å². The Hall–Kier alpha value is -2.65. The molecule has 5 rings (SSSR count). The van der Waals surface area contributed by atoms with Gasteiger partial charge in [-0.15, -0.1) is 0 Å². The lowest BCUT2D eigenvalue weighted by Crippen LogP contribution is -2.63. The Morgan fingerprint density at radius 2 is 2.19 bits per heavy atom. The van der Waals surface area contributed by atoms with Crippen LogP contribution in [-0.2, 0) is 6.42 Å². The van der Waals surface area contributed by atoms with Gasteiger partial charge in [-0.25, -0.2) is 4.68 Å². The summed E-state index contributed by atoms with van der Waals surface area (Å²) in [5.74, 6) is 0.223. The van der Waals surface area contributed by atoms with Crippen molar-refractivity contribution in [3.63, 3.8) is 0 Å². The molecule has 2 N–H and O–H groups in total. The van der Waals surface area contributed by atoms with Crippen LogP contribution in [0.4, 0.5) is 13.2 Å². The Balaban J connectivity index is 1.54. The number of fused-ring (bicyclic) bond motifs is 3. The van der Waals surface area contributed by atoms with Crippen LogP contribution in [0.1, 0.15) is 53.3 Å². The number of carbonyl (C=O) groups is 1. The highest BCUT2D eigenvalue weighted by atomic mass is 19.4. The molecule has 2 unspecified atom stereocenters. The first kappa shape index (κ1) is 16.5. The molecule has 0 aromatic carbocycles. The highest BCUT2D eigenvalue weighted by Crippen LogP contribution is 2.57. The minimum Gasteiger partial charge on any atom is -0.336 e. The van der Waals surface area contributed by atoms with E-state index in [0.29, 0.717) is 34.6 Å². The second kappa shape index (κ2) is 5.20. The van der Waals surface area contributed by atoms with Gasteiger partial charge in [-0.2, -0.15) is 18.3 Å². The first-order valence-corrected chi connectivity index (χ1v) is 8.91. The zero-order chi connectivity index (χ0) is 19.0. The summed E-state index contributed by atoms with van der Waals surface area (Å²) in [6.07, 6.45) is 1.33. The van der Waals surface area contributed by atoms with Crippen molar-refractivity contribution in [2.75, 3.05) is 0 Å². The third kappa shape index (κ3) is 2.35. The van der Waals surface area contributed by atoms with Crippen LogP contribution in [0.3, 0.4) is 0 Å². The lowest BCUT2D eigenvalue weighted by Gasteiger charge is -2.43. The van der Waals surface area contributed by atoms with Crippen LogP contribution >= 0.6 is 0 Å². The Morgan fingerprint density at radius 1 is 1.41 bits per heavy atom. The number of aromatic amines is 1. The van der Waals surface area contributed by atoms with Crippen molar-refractivity contribution in [3.8, 4) is 5.82 Å². The summed E-state index contributed by atoms with van der Waals surface area (Å²) < 4.78 is 42.3. The molecular formula is C17H17F3N5O2+. The second-order valence-corrected chi connectivity index (χ2v) is 7.65. The van der Waals surface area contributed by atoms with Gasteiger partial charge in [-0.3, -0.25) is 4.79 Å². The number of hydrogen-bond acceptors (Lipinski definition) is 3. The summed E-state index contributed by atoms with van der Waals surface area (Å²) in [4.78, 5) is 27.2. The van der Waals surface area contributed by atoms with Crippen LogP contribution in [-0.4, -0.2) is 32.4 Å². The Morgan fingerprint density at radius 3 is 2.81 bits per heavy atom. The molecule has 2 aromatic heterocycles. The van der Waals surface area contributed by atoms with Crippen molar-refractivity contribution in [1.29, 1.82) is 0 Å². The van der Waals surface area contributed by atoms with Gasteiger partial charge >= 0.3 is 6.18 Å². The predicted molar refractivity (Wildman–Crippen MR) is 85.9 cm³/mol. The van der Waals surface area contributed by atoms with E-state index in [1.54, 1.807) is 0 Å². The zero-order valence-electron chi connectivity index (χ0n) is 14.2. The molecule has 0 saturated heterocycles. The highest BCUT2D eigenvalue weighted by molar-refractivity contribution is 5.95. The highest BCUT2D eigenvalue weighted by Gasteiger charge is 2.60. The zero-order valence-corrected chi connectivity index (χ0v) is 14.2. The van der Waals surface area contributed by atoms with E-state index in [4.69, 9.17) is 0 Å². The van der Waals surface area contributed by atoms with Crippen molar-refractivity contribution in [1.82, 2.24) is 20.1 Å². The van der Waals surface area contributed by atoms with Crippen molar-refractivity contribution in [2.45, 2.75) is 49.7 Å². The van der Waals surface area contributed by atoms with Crippen molar-refractivity contribution >= 4 is 5.91 Å². The summed E-state index contributed by atoms with van der Waals surface area (Å²) in [6.45, 7) is 0. The smallest absolute Gasteiger partial charge is 0.336 e. The maximum Gasteiger partial charge on any atom is 0.411 e. The molecule has 2 saturated carbocycles. The van der Waals surface area contributed by atoms with E-state index in [9.17, 15) is 22.9 Å². The molecule has 0 aliphatic heterocycles. The average molecular weight is 380 g/mol. The summed E-state index contributed by atoms with van der Waals surface area (Å²) in [6, 6.07) is 0. The van der Waals surface area contributed by atoms with E-state index in [-0.39, 0.29) is 24.5 Å². The molecule has 0 radical (unpaired) electrons. The van der Waals surface area contributed by atoms with Gasteiger partial charge in [0.1, 0.15) is 5.54 Å². The maximum absolute atomic E-state index is 13.4. The van der Waals surface area contributed by atoms with E-state index in [1.807, 2.05) is 0 Å². The third-order valence-corrected chi connectivity index (χ3v) is 6.01. The van der Waals surface area contributed by atoms with Gasteiger partial charge in [0.05, 0.1) is 16.3 Å². The fourth-order valence-corrected chi connectivity index (χ4v) is 4.28. The van der Waals surface area contributed by atoms with Gasteiger partial charge in [0, 0.05) is 16.4 Å².